The smallest absolute Gasteiger partial charge is 0.241 e. The normalized spacial score (nSPS) is 14.1. The standard InChI is InChI=1S/C13H12ClN7/c14-11-17-12(20-6-5-15-7-20)19-13(18-11)21-8-16-9-3-1-2-4-10(9)21/h5-8H,1-4H2. The zero-order chi connectivity index (χ0) is 14.2. The van der Waals surface area contributed by atoms with Crippen LogP contribution in [0.4, 0.5) is 0 Å². The summed E-state index contributed by atoms with van der Waals surface area (Å²) in [6.07, 6.45) is 11.1. The Morgan fingerprint density at radius 1 is 1.00 bits per heavy atom. The maximum Gasteiger partial charge on any atom is 0.241 e. The molecule has 0 radical (unpaired) electrons. The van der Waals surface area contributed by atoms with Crippen molar-refractivity contribution < 1.29 is 0 Å². The van der Waals surface area contributed by atoms with Crippen molar-refractivity contribution in [1.82, 2.24) is 34.1 Å². The molecule has 0 amide bonds. The lowest BCUT2D eigenvalue weighted by molar-refractivity contribution is 0.650. The van der Waals surface area contributed by atoms with Gasteiger partial charge in [-0.1, -0.05) is 0 Å². The highest BCUT2D eigenvalue weighted by Gasteiger charge is 2.18. The number of rotatable bonds is 2. The van der Waals surface area contributed by atoms with E-state index in [-0.39, 0.29) is 5.28 Å². The second-order valence-electron chi connectivity index (χ2n) is 4.89. The molecule has 21 heavy (non-hydrogen) atoms. The maximum atomic E-state index is 6.04. The summed E-state index contributed by atoms with van der Waals surface area (Å²) in [7, 11) is 0. The zero-order valence-corrected chi connectivity index (χ0v) is 11.9. The van der Waals surface area contributed by atoms with Crippen LogP contribution < -0.4 is 0 Å². The minimum Gasteiger partial charge on any atom is -0.274 e. The monoisotopic (exact) mass is 301 g/mol. The molecule has 1 aliphatic carbocycles. The highest BCUT2D eigenvalue weighted by molar-refractivity contribution is 6.28. The maximum absolute atomic E-state index is 6.04. The van der Waals surface area contributed by atoms with Gasteiger partial charge in [0.25, 0.3) is 0 Å². The Balaban J connectivity index is 1.84. The van der Waals surface area contributed by atoms with Gasteiger partial charge in [0.05, 0.1) is 5.69 Å². The molecule has 0 N–H and O–H groups in total. The summed E-state index contributed by atoms with van der Waals surface area (Å²) in [5.41, 5.74) is 2.29. The molecule has 0 spiro atoms. The van der Waals surface area contributed by atoms with Crippen LogP contribution in [0, 0.1) is 0 Å². The fraction of sp³-hybridized carbons (Fsp3) is 0.308. The average Bonchev–Trinajstić information content (AvgIpc) is 3.16. The van der Waals surface area contributed by atoms with Crippen LogP contribution in [-0.2, 0) is 12.8 Å². The molecule has 0 saturated carbocycles. The van der Waals surface area contributed by atoms with Crippen molar-refractivity contribution in [3.05, 3.63) is 41.7 Å². The number of aryl methyl sites for hydroxylation is 1. The quantitative estimate of drug-likeness (QED) is 0.721. The molecule has 8 heteroatoms. The van der Waals surface area contributed by atoms with Crippen LogP contribution in [0.1, 0.15) is 24.2 Å². The van der Waals surface area contributed by atoms with Gasteiger partial charge in [-0.25, -0.2) is 9.97 Å². The Labute approximate surface area is 125 Å². The summed E-state index contributed by atoms with van der Waals surface area (Å²) in [4.78, 5) is 21.3. The Bertz CT molecular complexity index is 778. The van der Waals surface area contributed by atoms with E-state index in [1.807, 2.05) is 4.57 Å². The van der Waals surface area contributed by atoms with E-state index in [9.17, 15) is 0 Å². The molecule has 1 aliphatic rings. The van der Waals surface area contributed by atoms with Crippen molar-refractivity contribution in [2.24, 2.45) is 0 Å². The molecule has 7 nitrogen and oxygen atoms in total. The molecule has 0 atom stereocenters. The third-order valence-corrected chi connectivity index (χ3v) is 3.73. The molecule has 4 rings (SSSR count). The second-order valence-corrected chi connectivity index (χ2v) is 5.23. The van der Waals surface area contributed by atoms with E-state index in [0.29, 0.717) is 11.9 Å². The first-order valence-electron chi connectivity index (χ1n) is 6.76. The fourth-order valence-corrected chi connectivity index (χ4v) is 2.72. The van der Waals surface area contributed by atoms with Crippen LogP contribution in [-0.4, -0.2) is 34.1 Å². The minimum atomic E-state index is 0.155. The summed E-state index contributed by atoms with van der Waals surface area (Å²) in [5, 5.41) is 0.155. The number of hydrogen-bond donors (Lipinski definition) is 0. The van der Waals surface area contributed by atoms with Crippen molar-refractivity contribution in [2.45, 2.75) is 25.7 Å². The number of aromatic nitrogens is 7. The summed E-state index contributed by atoms with van der Waals surface area (Å²) < 4.78 is 3.60. The van der Waals surface area contributed by atoms with Crippen LogP contribution in [0.2, 0.25) is 5.28 Å². The van der Waals surface area contributed by atoms with Crippen LogP contribution in [0.25, 0.3) is 11.9 Å². The van der Waals surface area contributed by atoms with Crippen molar-refractivity contribution in [2.75, 3.05) is 0 Å². The van der Waals surface area contributed by atoms with Gasteiger partial charge in [0.2, 0.25) is 17.2 Å². The molecule has 0 unspecified atom stereocenters. The van der Waals surface area contributed by atoms with Gasteiger partial charge in [0.15, 0.2) is 0 Å². The molecular formula is C13H12ClN7. The third kappa shape index (κ3) is 2.19. The van der Waals surface area contributed by atoms with Crippen molar-refractivity contribution in [3.63, 3.8) is 0 Å². The van der Waals surface area contributed by atoms with Crippen LogP contribution >= 0.6 is 11.6 Å². The second kappa shape index (κ2) is 4.92. The Morgan fingerprint density at radius 2 is 1.86 bits per heavy atom. The Morgan fingerprint density at radius 3 is 2.71 bits per heavy atom. The van der Waals surface area contributed by atoms with E-state index in [2.05, 4.69) is 24.9 Å². The van der Waals surface area contributed by atoms with Crippen LogP contribution in [0.5, 0.6) is 0 Å². The summed E-state index contributed by atoms with van der Waals surface area (Å²) in [6, 6.07) is 0. The van der Waals surface area contributed by atoms with Gasteiger partial charge in [-0.3, -0.25) is 9.13 Å². The van der Waals surface area contributed by atoms with Gasteiger partial charge >= 0.3 is 0 Å². The molecular weight excluding hydrogens is 290 g/mol. The lowest BCUT2D eigenvalue weighted by atomic mass is 10.0. The molecule has 3 heterocycles. The highest BCUT2D eigenvalue weighted by atomic mass is 35.5. The molecule has 3 aromatic rings. The van der Waals surface area contributed by atoms with Gasteiger partial charge in [-0.2, -0.15) is 15.0 Å². The Hall–Kier alpha value is -2.28. The van der Waals surface area contributed by atoms with E-state index in [1.165, 1.54) is 12.1 Å². The van der Waals surface area contributed by atoms with E-state index >= 15 is 0 Å². The first-order valence-corrected chi connectivity index (χ1v) is 7.14. The summed E-state index contributed by atoms with van der Waals surface area (Å²) >= 11 is 6.04. The molecule has 3 aromatic heterocycles. The molecule has 0 aromatic carbocycles. The van der Waals surface area contributed by atoms with E-state index in [0.717, 1.165) is 25.0 Å². The third-order valence-electron chi connectivity index (χ3n) is 3.57. The number of imidazole rings is 2. The molecule has 0 fully saturated rings. The molecule has 106 valence electrons. The number of nitrogens with zero attached hydrogens (tertiary/aromatic N) is 7. The molecule has 0 aliphatic heterocycles. The fourth-order valence-electron chi connectivity index (χ4n) is 2.57. The van der Waals surface area contributed by atoms with Crippen LogP contribution in [0.15, 0.2) is 25.0 Å². The largest absolute Gasteiger partial charge is 0.274 e. The lowest BCUT2D eigenvalue weighted by Crippen LogP contribution is -2.12. The molecule has 0 saturated heterocycles. The predicted octanol–water partition coefficient (Wildman–Crippen LogP) is 1.78. The average molecular weight is 302 g/mol. The predicted molar refractivity (Wildman–Crippen MR) is 75.7 cm³/mol. The topological polar surface area (TPSA) is 74.3 Å². The van der Waals surface area contributed by atoms with E-state index in [4.69, 9.17) is 11.6 Å². The van der Waals surface area contributed by atoms with Gasteiger partial charge in [-0.15, -0.1) is 0 Å². The zero-order valence-electron chi connectivity index (χ0n) is 11.1. The van der Waals surface area contributed by atoms with Gasteiger partial charge < -0.3 is 0 Å². The molecule has 0 bridgehead atoms. The number of fused-ring (bicyclic) bond motifs is 1. The van der Waals surface area contributed by atoms with Crippen molar-refractivity contribution in [1.29, 1.82) is 0 Å². The number of hydrogen-bond acceptors (Lipinski definition) is 5. The highest BCUT2D eigenvalue weighted by Crippen LogP contribution is 2.22. The SMILES string of the molecule is Clc1nc(-n2ccnc2)nc(-n2cnc3c2CCCC3)n1. The Kier molecular flexibility index (Phi) is 2.92. The van der Waals surface area contributed by atoms with Crippen LogP contribution in [0.3, 0.4) is 0 Å². The van der Waals surface area contributed by atoms with Crippen molar-refractivity contribution >= 4 is 11.6 Å². The summed E-state index contributed by atoms with van der Waals surface area (Å²) in [5.74, 6) is 0.940. The van der Waals surface area contributed by atoms with Gasteiger partial charge in [0, 0.05) is 18.1 Å². The first-order chi connectivity index (χ1) is 10.3. The summed E-state index contributed by atoms with van der Waals surface area (Å²) in [6.45, 7) is 0. The van der Waals surface area contributed by atoms with Crippen molar-refractivity contribution in [3.8, 4) is 11.9 Å². The van der Waals surface area contributed by atoms with E-state index < -0.39 is 0 Å². The lowest BCUT2D eigenvalue weighted by Gasteiger charge is -2.13. The van der Waals surface area contributed by atoms with Gasteiger partial charge in [0.1, 0.15) is 12.7 Å². The van der Waals surface area contributed by atoms with E-state index in [1.54, 1.807) is 29.6 Å². The van der Waals surface area contributed by atoms with Gasteiger partial charge in [-0.05, 0) is 37.3 Å². The first kappa shape index (κ1) is 12.5. The number of halogens is 1. The minimum absolute atomic E-state index is 0.155.